The van der Waals surface area contributed by atoms with Gasteiger partial charge in [0.2, 0.25) is 0 Å². The summed E-state index contributed by atoms with van der Waals surface area (Å²) in [5.41, 5.74) is 12.2. The molecule has 10 aromatic rings. The predicted octanol–water partition coefficient (Wildman–Crippen LogP) is 12.9. The number of hydrogen-bond acceptors (Lipinski definition) is 6. The molecule has 0 bridgehead atoms. The lowest BCUT2D eigenvalue weighted by Crippen LogP contribution is -2.30. The van der Waals surface area contributed by atoms with Crippen LogP contribution in [-0.4, -0.2) is 21.0 Å². The fourth-order valence-corrected chi connectivity index (χ4v) is 8.94. The summed E-state index contributed by atoms with van der Waals surface area (Å²) in [7, 11) is 0. The minimum atomic E-state index is 0.0330. The van der Waals surface area contributed by atoms with Gasteiger partial charge in [0.1, 0.15) is 22.5 Å². The van der Waals surface area contributed by atoms with Crippen molar-refractivity contribution in [1.82, 2.24) is 15.0 Å². The highest BCUT2D eigenvalue weighted by Crippen LogP contribution is 2.54. The third-order valence-electron chi connectivity index (χ3n) is 11.5. The molecule has 2 atom stereocenters. The summed E-state index contributed by atoms with van der Waals surface area (Å²) in [6, 6.07) is 58.8. The lowest BCUT2D eigenvalue weighted by molar-refractivity contribution is 0.584. The number of aromatic nitrogens is 3. The molecule has 7 aromatic carbocycles. The molecule has 6 nitrogen and oxygen atoms in total. The highest BCUT2D eigenvalue weighted by atomic mass is 16.3. The predicted molar refractivity (Wildman–Crippen MR) is 228 cm³/mol. The molecular weight excluding hydrogens is 701 g/mol. The Morgan fingerprint density at radius 3 is 1.98 bits per heavy atom. The van der Waals surface area contributed by atoms with Crippen molar-refractivity contribution in [2.24, 2.45) is 0 Å². The van der Waals surface area contributed by atoms with Crippen molar-refractivity contribution in [3.8, 4) is 45.3 Å². The molecule has 0 radical (unpaired) electrons. The lowest BCUT2D eigenvalue weighted by atomic mass is 9.82. The van der Waals surface area contributed by atoms with Crippen LogP contribution in [0.15, 0.2) is 185 Å². The summed E-state index contributed by atoms with van der Waals surface area (Å²) in [6.45, 7) is 0. The molecular formula is C51H32N4O2. The minimum Gasteiger partial charge on any atom is -0.456 e. The van der Waals surface area contributed by atoms with Gasteiger partial charge in [0.15, 0.2) is 17.5 Å². The second-order valence-electron chi connectivity index (χ2n) is 14.7. The first-order valence-corrected chi connectivity index (χ1v) is 19.3. The second-order valence-corrected chi connectivity index (χ2v) is 14.7. The number of para-hydroxylation sites is 3. The molecule has 4 heterocycles. The molecule has 3 aromatic heterocycles. The van der Waals surface area contributed by atoms with Gasteiger partial charge in [-0.15, -0.1) is 0 Å². The molecule has 12 rings (SSSR count). The maximum absolute atomic E-state index is 6.69. The zero-order chi connectivity index (χ0) is 37.5. The van der Waals surface area contributed by atoms with Crippen LogP contribution in [0.5, 0.6) is 0 Å². The molecule has 0 saturated carbocycles. The molecule has 0 fully saturated rings. The summed E-state index contributed by atoms with van der Waals surface area (Å²) < 4.78 is 13.0. The zero-order valence-electron chi connectivity index (χ0n) is 30.6. The van der Waals surface area contributed by atoms with E-state index >= 15 is 0 Å². The van der Waals surface area contributed by atoms with Crippen LogP contribution in [0.1, 0.15) is 22.8 Å². The zero-order valence-corrected chi connectivity index (χ0v) is 30.6. The van der Waals surface area contributed by atoms with Gasteiger partial charge in [-0.3, -0.25) is 0 Å². The number of furan rings is 2. The van der Waals surface area contributed by atoms with E-state index in [1.807, 2.05) is 36.4 Å². The molecule has 0 N–H and O–H groups in total. The van der Waals surface area contributed by atoms with Gasteiger partial charge >= 0.3 is 0 Å². The highest BCUT2D eigenvalue weighted by molar-refractivity contribution is 6.06. The van der Waals surface area contributed by atoms with Crippen molar-refractivity contribution in [3.63, 3.8) is 0 Å². The summed E-state index contributed by atoms with van der Waals surface area (Å²) in [4.78, 5) is 18.1. The maximum atomic E-state index is 6.69. The maximum Gasteiger partial charge on any atom is 0.164 e. The molecule has 0 amide bonds. The SMILES string of the molecule is C1=CC2C(c3ccccc3N2c2ccccc2)c2c1oc1cccc(-c3nc(-c4ccc(-c5ccccc5)cc4)nc(-c4ccc5c(c4)oc4ccccc45)n3)c21. The Balaban J connectivity index is 1.06. The topological polar surface area (TPSA) is 68.2 Å². The van der Waals surface area contributed by atoms with Crippen molar-refractivity contribution in [2.75, 3.05) is 4.90 Å². The summed E-state index contributed by atoms with van der Waals surface area (Å²) >= 11 is 0. The Kier molecular flexibility index (Phi) is 6.95. The van der Waals surface area contributed by atoms with Gasteiger partial charge in [-0.1, -0.05) is 133 Å². The third kappa shape index (κ3) is 5.00. The van der Waals surface area contributed by atoms with Crippen molar-refractivity contribution < 1.29 is 8.83 Å². The number of benzene rings is 7. The quantitative estimate of drug-likeness (QED) is 0.175. The van der Waals surface area contributed by atoms with Gasteiger partial charge < -0.3 is 13.7 Å². The van der Waals surface area contributed by atoms with Crippen molar-refractivity contribution in [1.29, 1.82) is 0 Å². The average molecular weight is 733 g/mol. The normalized spacial score (nSPS) is 15.6. The molecule has 57 heavy (non-hydrogen) atoms. The number of nitrogens with zero attached hydrogens (tertiary/aromatic N) is 4. The van der Waals surface area contributed by atoms with Gasteiger partial charge in [-0.2, -0.15) is 0 Å². The van der Waals surface area contributed by atoms with E-state index in [9.17, 15) is 0 Å². The first-order valence-electron chi connectivity index (χ1n) is 19.3. The Bertz CT molecular complexity index is 3200. The summed E-state index contributed by atoms with van der Waals surface area (Å²) in [6.07, 6.45) is 4.43. The van der Waals surface area contributed by atoms with Gasteiger partial charge in [0.05, 0.1) is 6.04 Å². The van der Waals surface area contributed by atoms with Crippen LogP contribution in [0.2, 0.25) is 0 Å². The fraction of sp³-hybridized carbons (Fsp3) is 0.0392. The number of anilines is 2. The van der Waals surface area contributed by atoms with Gasteiger partial charge in [0.25, 0.3) is 0 Å². The lowest BCUT2D eigenvalue weighted by Gasteiger charge is -2.30. The number of fused-ring (bicyclic) bond motifs is 10. The molecule has 2 unspecified atom stereocenters. The molecule has 6 heteroatoms. The molecule has 1 aliphatic heterocycles. The van der Waals surface area contributed by atoms with Crippen LogP contribution in [0.3, 0.4) is 0 Å². The minimum absolute atomic E-state index is 0.0330. The van der Waals surface area contributed by atoms with E-state index < -0.39 is 0 Å². The number of hydrogen-bond donors (Lipinski definition) is 0. The van der Waals surface area contributed by atoms with E-state index in [0.717, 1.165) is 77.7 Å². The second kappa shape index (κ2) is 12.5. The fourth-order valence-electron chi connectivity index (χ4n) is 8.94. The van der Waals surface area contributed by atoms with E-state index in [4.69, 9.17) is 23.8 Å². The van der Waals surface area contributed by atoms with Crippen molar-refractivity contribution in [3.05, 3.63) is 193 Å². The van der Waals surface area contributed by atoms with Crippen molar-refractivity contribution in [2.45, 2.75) is 12.0 Å². The first-order chi connectivity index (χ1) is 28.2. The Morgan fingerprint density at radius 2 is 1.12 bits per heavy atom. The first kappa shape index (κ1) is 31.7. The van der Waals surface area contributed by atoms with Crippen LogP contribution in [0.25, 0.3) is 84.3 Å². The Labute approximate surface area is 328 Å². The molecule has 1 aliphatic carbocycles. The van der Waals surface area contributed by atoms with Gasteiger partial charge in [-0.05, 0) is 65.2 Å². The van der Waals surface area contributed by atoms with Crippen molar-refractivity contribution >= 4 is 50.4 Å². The summed E-state index contributed by atoms with van der Waals surface area (Å²) in [5.74, 6) is 2.64. The largest absolute Gasteiger partial charge is 0.456 e. The van der Waals surface area contributed by atoms with E-state index in [0.29, 0.717) is 17.5 Å². The molecule has 268 valence electrons. The smallest absolute Gasteiger partial charge is 0.164 e. The van der Waals surface area contributed by atoms with Crippen LogP contribution >= 0.6 is 0 Å². The third-order valence-corrected chi connectivity index (χ3v) is 11.5. The number of rotatable bonds is 5. The van der Waals surface area contributed by atoms with E-state index in [-0.39, 0.29) is 12.0 Å². The van der Waals surface area contributed by atoms with Crippen LogP contribution < -0.4 is 4.90 Å². The van der Waals surface area contributed by atoms with Crippen LogP contribution in [-0.2, 0) is 0 Å². The Hall–Kier alpha value is -7.57. The van der Waals surface area contributed by atoms with E-state index in [1.165, 1.54) is 11.3 Å². The average Bonchev–Trinajstić information content (AvgIpc) is 3.96. The molecule has 2 aliphatic rings. The van der Waals surface area contributed by atoms with E-state index in [2.05, 4.69) is 151 Å². The van der Waals surface area contributed by atoms with Crippen LogP contribution in [0.4, 0.5) is 11.4 Å². The van der Waals surface area contributed by atoms with E-state index in [1.54, 1.807) is 0 Å². The molecule has 0 saturated heterocycles. The Morgan fingerprint density at radius 1 is 0.474 bits per heavy atom. The summed E-state index contributed by atoms with van der Waals surface area (Å²) in [5, 5.41) is 3.16. The van der Waals surface area contributed by atoms with Crippen LogP contribution in [0, 0.1) is 0 Å². The standard InChI is InChI=1S/C51H32N4O2/c1-3-12-31(13-4-1)32-22-24-33(25-23-32)49-52-50(34-26-27-37-36-16-8-10-20-42(36)56-45(37)30-34)54-51(53-49)39-18-11-21-43-47(39)48-44(57-43)29-28-41-46(48)38-17-7-9-19-40(38)55(41)35-14-5-2-6-15-35/h1-30,41,46H. The molecule has 0 spiro atoms. The monoisotopic (exact) mass is 732 g/mol. The van der Waals surface area contributed by atoms with Gasteiger partial charge in [-0.25, -0.2) is 15.0 Å². The highest BCUT2D eigenvalue weighted by Gasteiger charge is 2.43. The van der Waals surface area contributed by atoms with Gasteiger partial charge in [0, 0.05) is 55.7 Å².